The molecule has 0 fully saturated rings. The Morgan fingerprint density at radius 3 is 1.96 bits per heavy atom. The lowest BCUT2D eigenvalue weighted by Gasteiger charge is -2.41. The van der Waals surface area contributed by atoms with E-state index >= 15 is 0 Å². The molecule has 0 aliphatic heterocycles. The van der Waals surface area contributed by atoms with Crippen molar-refractivity contribution in [1.29, 1.82) is 0 Å². The molecule has 0 heterocycles. The molecule has 0 aromatic carbocycles. The Bertz CT molecular complexity index is 383. The largest absolute Gasteiger partial charge is 0.503 e. The molecule has 1 unspecified atom stereocenters. The molecule has 0 saturated heterocycles. The van der Waals surface area contributed by atoms with Gasteiger partial charge in [0.25, 0.3) is 8.32 Å². The van der Waals surface area contributed by atoms with E-state index < -0.39 is 16.9 Å². The highest BCUT2D eigenvalue weighted by Crippen LogP contribution is 2.42. The second-order valence-electron chi connectivity index (χ2n) is 8.28. The maximum atomic E-state index is 12.4. The van der Waals surface area contributed by atoms with E-state index in [0.717, 1.165) is 31.9 Å². The Hall–Kier alpha value is -0.376. The summed E-state index contributed by atoms with van der Waals surface area (Å²) in [5.74, 6) is 0. The first-order valence-electron chi connectivity index (χ1n) is 10.2. The molecule has 26 heavy (non-hydrogen) atoms. The summed E-state index contributed by atoms with van der Waals surface area (Å²) < 4.78 is 17.6. The zero-order valence-electron chi connectivity index (χ0n) is 18.6. The number of hydrogen-bond acceptors (Lipinski definition) is 4. The summed E-state index contributed by atoms with van der Waals surface area (Å²) in [6.07, 6.45) is 2.66. The lowest BCUT2D eigenvalue weighted by molar-refractivity contribution is 0.193. The molecule has 5 nitrogen and oxygen atoms in total. The van der Waals surface area contributed by atoms with Crippen LogP contribution in [-0.4, -0.2) is 43.2 Å². The number of unbranched alkanes of at least 4 members (excludes halogenated alkanes) is 1. The molecule has 0 rings (SSSR count). The summed E-state index contributed by atoms with van der Waals surface area (Å²) in [7, 11) is -2.46. The number of hydrogen-bond donors (Lipinski definition) is 1. The molecular formula is C19H43NO4Si2. The standard InChI is InChI=1S/C19H43NO4Si2/c1-10-14-23-25(9,22-8)15-12-11-13-20-19(21)24-26(16(2)3,17(4)5)18(6)7/h16-18H,10-15H2,1-9H3,(H,20,21). The summed E-state index contributed by atoms with van der Waals surface area (Å²) in [6, 6.07) is 0.947. The van der Waals surface area contributed by atoms with Crippen LogP contribution in [0.5, 0.6) is 0 Å². The summed E-state index contributed by atoms with van der Waals surface area (Å²) >= 11 is 0. The van der Waals surface area contributed by atoms with Gasteiger partial charge in [0.2, 0.25) is 0 Å². The number of carbonyl (C=O) groups is 1. The van der Waals surface area contributed by atoms with Crippen molar-refractivity contribution < 1.29 is 18.1 Å². The van der Waals surface area contributed by atoms with Crippen LogP contribution in [0.3, 0.4) is 0 Å². The minimum absolute atomic E-state index is 0.248. The van der Waals surface area contributed by atoms with Crippen LogP contribution in [0.15, 0.2) is 0 Å². The Balaban J connectivity index is 4.41. The average molecular weight is 406 g/mol. The molecule has 1 atom stereocenters. The predicted octanol–water partition coefficient (Wildman–Crippen LogP) is 5.81. The van der Waals surface area contributed by atoms with E-state index in [1.807, 2.05) is 0 Å². The van der Waals surface area contributed by atoms with E-state index in [9.17, 15) is 4.79 Å². The third-order valence-electron chi connectivity index (χ3n) is 5.35. The van der Waals surface area contributed by atoms with Crippen LogP contribution in [-0.2, 0) is 13.3 Å². The van der Waals surface area contributed by atoms with Crippen molar-refractivity contribution in [2.75, 3.05) is 20.3 Å². The Morgan fingerprint density at radius 1 is 1.00 bits per heavy atom. The first kappa shape index (κ1) is 25.6. The molecule has 0 bridgehead atoms. The Morgan fingerprint density at radius 2 is 1.54 bits per heavy atom. The van der Waals surface area contributed by atoms with Crippen LogP contribution in [0.25, 0.3) is 0 Å². The SMILES string of the molecule is CCCO[Si](C)(CCCCNC(=O)O[Si](C(C)C)(C(C)C)C(C)C)OC. The lowest BCUT2D eigenvalue weighted by atomic mass is 10.3. The van der Waals surface area contributed by atoms with E-state index in [4.69, 9.17) is 13.3 Å². The molecule has 0 aliphatic carbocycles. The molecule has 1 N–H and O–H groups in total. The van der Waals surface area contributed by atoms with Crippen molar-refractivity contribution in [3.8, 4) is 0 Å². The van der Waals surface area contributed by atoms with Gasteiger partial charge in [-0.3, -0.25) is 0 Å². The van der Waals surface area contributed by atoms with Gasteiger partial charge in [0.1, 0.15) is 0 Å². The molecule has 0 aromatic rings. The Kier molecular flexibility index (Phi) is 12.0. The fourth-order valence-electron chi connectivity index (χ4n) is 3.86. The summed E-state index contributed by atoms with van der Waals surface area (Å²) in [5, 5.41) is 2.96. The third kappa shape index (κ3) is 7.70. The van der Waals surface area contributed by atoms with Gasteiger partial charge in [0, 0.05) is 20.3 Å². The van der Waals surface area contributed by atoms with Crippen LogP contribution in [0.1, 0.15) is 67.7 Å². The first-order valence-corrected chi connectivity index (χ1v) is 14.9. The van der Waals surface area contributed by atoms with E-state index in [1.165, 1.54) is 0 Å². The van der Waals surface area contributed by atoms with Crippen LogP contribution in [0, 0.1) is 0 Å². The van der Waals surface area contributed by atoms with Crippen LogP contribution in [0.2, 0.25) is 29.2 Å². The monoisotopic (exact) mass is 405 g/mol. The van der Waals surface area contributed by atoms with Gasteiger partial charge in [-0.05, 0) is 48.5 Å². The van der Waals surface area contributed by atoms with Gasteiger partial charge in [0.05, 0.1) is 0 Å². The van der Waals surface area contributed by atoms with Crippen molar-refractivity contribution >= 4 is 23.0 Å². The number of carbonyl (C=O) groups excluding carboxylic acids is 1. The van der Waals surface area contributed by atoms with Crippen LogP contribution < -0.4 is 5.32 Å². The quantitative estimate of drug-likeness (QED) is 0.310. The number of amides is 1. The van der Waals surface area contributed by atoms with Gasteiger partial charge in [-0.1, -0.05) is 48.5 Å². The number of nitrogens with one attached hydrogen (secondary N) is 1. The smallest absolute Gasteiger partial charge is 0.393 e. The van der Waals surface area contributed by atoms with Gasteiger partial charge < -0.3 is 18.6 Å². The van der Waals surface area contributed by atoms with Gasteiger partial charge >= 0.3 is 14.7 Å². The minimum atomic E-state index is -2.16. The molecule has 0 aliphatic rings. The highest BCUT2D eigenvalue weighted by molar-refractivity contribution is 6.78. The van der Waals surface area contributed by atoms with E-state index in [0.29, 0.717) is 23.2 Å². The average Bonchev–Trinajstić information content (AvgIpc) is 2.56. The molecule has 0 spiro atoms. The second kappa shape index (κ2) is 12.2. The van der Waals surface area contributed by atoms with E-state index in [2.05, 4.69) is 60.3 Å². The molecule has 0 saturated carbocycles. The maximum absolute atomic E-state index is 12.4. The van der Waals surface area contributed by atoms with Crippen molar-refractivity contribution in [2.24, 2.45) is 0 Å². The van der Waals surface area contributed by atoms with Gasteiger partial charge in [0.15, 0.2) is 0 Å². The fraction of sp³-hybridized carbons (Fsp3) is 0.947. The maximum Gasteiger partial charge on any atom is 0.393 e. The normalized spacial score (nSPS) is 14.8. The van der Waals surface area contributed by atoms with Crippen molar-refractivity contribution in [2.45, 2.75) is 96.9 Å². The number of rotatable bonds is 13. The fourth-order valence-corrected chi connectivity index (χ4v) is 11.0. The van der Waals surface area contributed by atoms with E-state index in [-0.39, 0.29) is 6.09 Å². The summed E-state index contributed by atoms with van der Waals surface area (Å²) in [5.41, 5.74) is 1.20. The summed E-state index contributed by atoms with van der Waals surface area (Å²) in [4.78, 5) is 12.4. The van der Waals surface area contributed by atoms with Crippen molar-refractivity contribution in [3.05, 3.63) is 0 Å². The molecule has 0 radical (unpaired) electrons. The second-order valence-corrected chi connectivity index (χ2v) is 17.1. The zero-order chi connectivity index (χ0) is 20.4. The Labute approximate surface area is 163 Å². The molecule has 1 amide bonds. The van der Waals surface area contributed by atoms with E-state index in [1.54, 1.807) is 7.11 Å². The van der Waals surface area contributed by atoms with Crippen molar-refractivity contribution in [1.82, 2.24) is 5.32 Å². The first-order chi connectivity index (χ1) is 12.1. The van der Waals surface area contributed by atoms with Gasteiger partial charge in [-0.15, -0.1) is 0 Å². The highest BCUT2D eigenvalue weighted by Gasteiger charge is 2.48. The molecule has 156 valence electrons. The molecule has 0 aromatic heterocycles. The minimum Gasteiger partial charge on any atom is -0.503 e. The van der Waals surface area contributed by atoms with Gasteiger partial charge in [-0.2, -0.15) is 0 Å². The lowest BCUT2D eigenvalue weighted by Crippen LogP contribution is -2.51. The predicted molar refractivity (Wildman–Crippen MR) is 114 cm³/mol. The van der Waals surface area contributed by atoms with Crippen LogP contribution in [0.4, 0.5) is 4.79 Å². The summed E-state index contributed by atoms with van der Waals surface area (Å²) in [6.45, 7) is 18.7. The zero-order valence-corrected chi connectivity index (χ0v) is 20.6. The topological polar surface area (TPSA) is 56.8 Å². The van der Waals surface area contributed by atoms with Crippen molar-refractivity contribution in [3.63, 3.8) is 0 Å². The molecule has 7 heteroatoms. The molecular weight excluding hydrogens is 362 g/mol. The van der Waals surface area contributed by atoms with Gasteiger partial charge in [-0.25, -0.2) is 4.79 Å². The third-order valence-corrected chi connectivity index (χ3v) is 14.2. The highest BCUT2D eigenvalue weighted by atomic mass is 28.4. The van der Waals surface area contributed by atoms with Crippen LogP contribution >= 0.6 is 0 Å².